The summed E-state index contributed by atoms with van der Waals surface area (Å²) >= 11 is 3.36. The van der Waals surface area contributed by atoms with Crippen LogP contribution in [0, 0.1) is 0 Å². The molecular formula is C11H17BrN2O2. The SMILES string of the molecule is COCCCC(=O)c1c(Br)cnn1C(C)C. The lowest BCUT2D eigenvalue weighted by atomic mass is 10.1. The van der Waals surface area contributed by atoms with Crippen molar-refractivity contribution in [1.82, 2.24) is 9.78 Å². The van der Waals surface area contributed by atoms with Gasteiger partial charge in [-0.2, -0.15) is 5.10 Å². The second-order valence-corrected chi connectivity index (χ2v) is 4.75. The zero-order valence-electron chi connectivity index (χ0n) is 9.86. The van der Waals surface area contributed by atoms with Gasteiger partial charge >= 0.3 is 0 Å². The molecule has 0 aliphatic heterocycles. The molecule has 0 radical (unpaired) electrons. The molecular weight excluding hydrogens is 272 g/mol. The molecule has 0 bridgehead atoms. The number of carbonyl (C=O) groups excluding carboxylic acids is 1. The topological polar surface area (TPSA) is 44.1 Å². The van der Waals surface area contributed by atoms with Crippen molar-refractivity contribution >= 4 is 21.7 Å². The van der Waals surface area contributed by atoms with Crippen LogP contribution < -0.4 is 0 Å². The summed E-state index contributed by atoms with van der Waals surface area (Å²) in [4.78, 5) is 12.0. The molecule has 0 spiro atoms. The smallest absolute Gasteiger partial charge is 0.182 e. The highest BCUT2D eigenvalue weighted by Gasteiger charge is 2.18. The highest BCUT2D eigenvalue weighted by molar-refractivity contribution is 9.10. The van der Waals surface area contributed by atoms with E-state index in [4.69, 9.17) is 4.74 Å². The number of Topliss-reactive ketones (excluding diaryl/α,β-unsaturated/α-hetero) is 1. The van der Waals surface area contributed by atoms with Crippen molar-refractivity contribution in [2.24, 2.45) is 0 Å². The number of rotatable bonds is 6. The fourth-order valence-corrected chi connectivity index (χ4v) is 1.98. The van der Waals surface area contributed by atoms with Gasteiger partial charge in [0, 0.05) is 26.2 Å². The number of ether oxygens (including phenoxy) is 1. The lowest BCUT2D eigenvalue weighted by Crippen LogP contribution is -2.13. The molecule has 0 aliphatic carbocycles. The molecule has 0 N–H and O–H groups in total. The summed E-state index contributed by atoms with van der Waals surface area (Å²) in [5.41, 5.74) is 0.658. The largest absolute Gasteiger partial charge is 0.385 e. The van der Waals surface area contributed by atoms with Crippen molar-refractivity contribution < 1.29 is 9.53 Å². The molecule has 1 heterocycles. The summed E-state index contributed by atoms with van der Waals surface area (Å²) in [7, 11) is 1.64. The Balaban J connectivity index is 2.77. The van der Waals surface area contributed by atoms with Gasteiger partial charge < -0.3 is 4.74 Å². The van der Waals surface area contributed by atoms with Gasteiger partial charge in [-0.25, -0.2) is 0 Å². The number of halogens is 1. The second kappa shape index (κ2) is 6.15. The molecule has 1 aromatic rings. The Morgan fingerprint density at radius 2 is 2.31 bits per heavy atom. The Hall–Kier alpha value is -0.680. The molecule has 1 aromatic heterocycles. The van der Waals surface area contributed by atoms with Crippen molar-refractivity contribution in [3.8, 4) is 0 Å². The molecule has 0 fully saturated rings. The van der Waals surface area contributed by atoms with Gasteiger partial charge in [-0.05, 0) is 36.2 Å². The Morgan fingerprint density at radius 1 is 1.62 bits per heavy atom. The molecule has 5 heteroatoms. The van der Waals surface area contributed by atoms with Gasteiger partial charge in [-0.3, -0.25) is 9.48 Å². The van der Waals surface area contributed by atoms with Gasteiger partial charge in [0.25, 0.3) is 0 Å². The third-order valence-corrected chi connectivity index (χ3v) is 2.84. The van der Waals surface area contributed by atoms with Crippen LogP contribution in [0.15, 0.2) is 10.7 Å². The van der Waals surface area contributed by atoms with Crippen LogP contribution in [0.2, 0.25) is 0 Å². The van der Waals surface area contributed by atoms with Crippen molar-refractivity contribution in [3.05, 3.63) is 16.4 Å². The van der Waals surface area contributed by atoms with Crippen LogP contribution in [0.5, 0.6) is 0 Å². The minimum atomic E-state index is 0.107. The van der Waals surface area contributed by atoms with Gasteiger partial charge in [0.05, 0.1) is 10.7 Å². The molecule has 0 aliphatic rings. The van der Waals surface area contributed by atoms with E-state index in [-0.39, 0.29) is 11.8 Å². The van der Waals surface area contributed by atoms with Gasteiger partial charge in [-0.1, -0.05) is 0 Å². The van der Waals surface area contributed by atoms with E-state index < -0.39 is 0 Å². The van der Waals surface area contributed by atoms with E-state index in [0.717, 1.165) is 10.9 Å². The molecule has 0 unspecified atom stereocenters. The van der Waals surface area contributed by atoms with Crippen LogP contribution in [-0.2, 0) is 4.74 Å². The lowest BCUT2D eigenvalue weighted by molar-refractivity contribution is 0.0950. The maximum atomic E-state index is 12.0. The summed E-state index contributed by atoms with van der Waals surface area (Å²) in [6.45, 7) is 4.62. The van der Waals surface area contributed by atoms with Gasteiger partial charge in [-0.15, -0.1) is 0 Å². The maximum absolute atomic E-state index is 12.0. The minimum Gasteiger partial charge on any atom is -0.385 e. The molecule has 90 valence electrons. The zero-order valence-corrected chi connectivity index (χ0v) is 11.5. The summed E-state index contributed by atoms with van der Waals surface area (Å²) in [5.74, 6) is 0.107. The van der Waals surface area contributed by atoms with Gasteiger partial charge in [0.1, 0.15) is 5.69 Å². The highest BCUT2D eigenvalue weighted by atomic mass is 79.9. The average Bonchev–Trinajstić information content (AvgIpc) is 2.60. The van der Waals surface area contributed by atoms with E-state index in [1.54, 1.807) is 18.0 Å². The predicted octanol–water partition coefficient (Wildman–Crippen LogP) is 2.84. The quantitative estimate of drug-likeness (QED) is 0.597. The lowest BCUT2D eigenvalue weighted by Gasteiger charge is -2.10. The number of methoxy groups -OCH3 is 1. The Labute approximate surface area is 104 Å². The van der Waals surface area contributed by atoms with E-state index in [1.165, 1.54) is 0 Å². The summed E-state index contributed by atoms with van der Waals surface area (Å²) < 4.78 is 7.45. The molecule has 4 nitrogen and oxygen atoms in total. The fraction of sp³-hybridized carbons (Fsp3) is 0.636. The molecule has 0 saturated carbocycles. The van der Waals surface area contributed by atoms with E-state index >= 15 is 0 Å². The van der Waals surface area contributed by atoms with Crippen LogP contribution in [0.3, 0.4) is 0 Å². The normalized spacial score (nSPS) is 11.1. The summed E-state index contributed by atoms with van der Waals surface area (Å²) in [5, 5.41) is 4.18. The van der Waals surface area contributed by atoms with Gasteiger partial charge in [0.2, 0.25) is 0 Å². The Bertz CT molecular complexity index is 361. The zero-order chi connectivity index (χ0) is 12.1. The number of hydrogen-bond donors (Lipinski definition) is 0. The van der Waals surface area contributed by atoms with Crippen LogP contribution >= 0.6 is 15.9 Å². The van der Waals surface area contributed by atoms with E-state index in [0.29, 0.717) is 18.7 Å². The number of hydrogen-bond acceptors (Lipinski definition) is 3. The number of ketones is 1. The number of carbonyl (C=O) groups is 1. The first kappa shape index (κ1) is 13.4. The average molecular weight is 289 g/mol. The number of nitrogens with zero attached hydrogens (tertiary/aromatic N) is 2. The first-order valence-electron chi connectivity index (χ1n) is 5.33. The second-order valence-electron chi connectivity index (χ2n) is 3.90. The molecule has 0 aromatic carbocycles. The van der Waals surface area contributed by atoms with Crippen molar-refractivity contribution in [2.45, 2.75) is 32.7 Å². The van der Waals surface area contributed by atoms with E-state index in [9.17, 15) is 4.79 Å². The van der Waals surface area contributed by atoms with Crippen molar-refractivity contribution in [2.75, 3.05) is 13.7 Å². The molecule has 0 saturated heterocycles. The maximum Gasteiger partial charge on any atom is 0.182 e. The van der Waals surface area contributed by atoms with Crippen molar-refractivity contribution in [1.29, 1.82) is 0 Å². The van der Waals surface area contributed by atoms with Crippen LogP contribution in [0.4, 0.5) is 0 Å². The third kappa shape index (κ3) is 3.15. The molecule has 1 rings (SSSR count). The first-order chi connectivity index (χ1) is 7.57. The third-order valence-electron chi connectivity index (χ3n) is 2.26. The van der Waals surface area contributed by atoms with E-state index in [1.807, 2.05) is 13.8 Å². The monoisotopic (exact) mass is 288 g/mol. The predicted molar refractivity (Wildman–Crippen MR) is 65.8 cm³/mol. The Kier molecular flexibility index (Phi) is 5.15. The Morgan fingerprint density at radius 3 is 2.88 bits per heavy atom. The van der Waals surface area contributed by atoms with Crippen molar-refractivity contribution in [3.63, 3.8) is 0 Å². The molecule has 0 amide bonds. The number of aromatic nitrogens is 2. The molecule has 16 heavy (non-hydrogen) atoms. The first-order valence-corrected chi connectivity index (χ1v) is 6.12. The van der Waals surface area contributed by atoms with Gasteiger partial charge in [0.15, 0.2) is 5.78 Å². The van der Waals surface area contributed by atoms with Crippen LogP contribution in [0.1, 0.15) is 43.2 Å². The summed E-state index contributed by atoms with van der Waals surface area (Å²) in [6, 6.07) is 0.188. The van der Waals surface area contributed by atoms with Crippen LogP contribution in [0.25, 0.3) is 0 Å². The standard InChI is InChI=1S/C11H17BrN2O2/c1-8(2)14-11(9(12)7-13-14)10(15)5-4-6-16-3/h7-8H,4-6H2,1-3H3. The highest BCUT2D eigenvalue weighted by Crippen LogP contribution is 2.21. The van der Waals surface area contributed by atoms with E-state index in [2.05, 4.69) is 21.0 Å². The van der Waals surface area contributed by atoms with Crippen LogP contribution in [-0.4, -0.2) is 29.3 Å². The minimum absolute atomic E-state index is 0.107. The summed E-state index contributed by atoms with van der Waals surface area (Å²) in [6.07, 6.45) is 2.90. The molecule has 0 atom stereocenters. The fourth-order valence-electron chi connectivity index (χ4n) is 1.49.